The van der Waals surface area contributed by atoms with Gasteiger partial charge >= 0.3 is 0 Å². The van der Waals surface area contributed by atoms with Gasteiger partial charge in [-0.25, -0.2) is 4.98 Å². The maximum Gasteiger partial charge on any atom is 0.219 e. The number of fused-ring (bicyclic) bond motifs is 1. The molecule has 1 aromatic carbocycles. The number of aryl methyl sites for hydroxylation is 1. The first-order valence-corrected chi connectivity index (χ1v) is 5.64. The predicted molar refractivity (Wildman–Crippen MR) is 65.8 cm³/mol. The number of oxazole rings is 1. The van der Waals surface area contributed by atoms with Crippen molar-refractivity contribution in [1.82, 2.24) is 9.88 Å². The molecule has 2 rings (SSSR count). The lowest BCUT2D eigenvalue weighted by molar-refractivity contribution is -0.127. The summed E-state index contributed by atoms with van der Waals surface area (Å²) in [6, 6.07) is 5.96. The first-order valence-electron chi connectivity index (χ1n) is 5.64. The summed E-state index contributed by atoms with van der Waals surface area (Å²) in [5.41, 5.74) is 2.86. The Morgan fingerprint density at radius 1 is 1.47 bits per heavy atom. The predicted octanol–water partition coefficient (Wildman–Crippen LogP) is 2.16. The van der Waals surface area contributed by atoms with Gasteiger partial charge in [0.15, 0.2) is 11.5 Å². The Morgan fingerprint density at radius 2 is 2.24 bits per heavy atom. The van der Waals surface area contributed by atoms with Crippen LogP contribution in [-0.2, 0) is 11.2 Å². The van der Waals surface area contributed by atoms with Crippen molar-refractivity contribution in [3.8, 4) is 0 Å². The Labute approximate surface area is 100 Å². The van der Waals surface area contributed by atoms with Crippen LogP contribution < -0.4 is 0 Å². The van der Waals surface area contributed by atoms with E-state index in [1.165, 1.54) is 5.56 Å². The monoisotopic (exact) mass is 232 g/mol. The minimum atomic E-state index is 0.0864. The quantitative estimate of drug-likeness (QED) is 0.814. The molecule has 0 radical (unpaired) electrons. The number of aromatic nitrogens is 1. The molecule has 0 aliphatic heterocycles. The molecule has 0 spiro atoms. The van der Waals surface area contributed by atoms with E-state index in [0.29, 0.717) is 5.89 Å². The Morgan fingerprint density at radius 3 is 2.94 bits per heavy atom. The summed E-state index contributed by atoms with van der Waals surface area (Å²) >= 11 is 0. The van der Waals surface area contributed by atoms with Crippen molar-refractivity contribution in [3.05, 3.63) is 29.7 Å². The number of nitrogens with zero attached hydrogens (tertiary/aromatic N) is 2. The zero-order valence-electron chi connectivity index (χ0n) is 10.4. The summed E-state index contributed by atoms with van der Waals surface area (Å²) in [7, 11) is 1.81. The van der Waals surface area contributed by atoms with Crippen molar-refractivity contribution in [1.29, 1.82) is 0 Å². The van der Waals surface area contributed by atoms with Gasteiger partial charge in [0.1, 0.15) is 5.52 Å². The molecule has 0 N–H and O–H groups in total. The molecular weight excluding hydrogens is 216 g/mol. The fraction of sp³-hybridized carbons (Fsp3) is 0.385. The molecule has 0 fully saturated rings. The van der Waals surface area contributed by atoms with Gasteiger partial charge in [-0.1, -0.05) is 6.07 Å². The molecule has 0 saturated heterocycles. The van der Waals surface area contributed by atoms with Crippen LogP contribution in [0.1, 0.15) is 18.4 Å². The van der Waals surface area contributed by atoms with Crippen molar-refractivity contribution in [2.75, 3.05) is 13.6 Å². The average Bonchev–Trinajstić information content (AvgIpc) is 2.64. The molecule has 1 heterocycles. The van der Waals surface area contributed by atoms with Crippen molar-refractivity contribution < 1.29 is 9.21 Å². The van der Waals surface area contributed by atoms with Gasteiger partial charge in [-0.3, -0.25) is 4.79 Å². The number of rotatable bonds is 3. The minimum absolute atomic E-state index is 0.0864. The summed E-state index contributed by atoms with van der Waals surface area (Å²) in [5.74, 6) is 0.765. The fourth-order valence-electron chi connectivity index (χ4n) is 1.70. The third-order valence-corrected chi connectivity index (χ3v) is 2.83. The lowest BCUT2D eigenvalue weighted by Crippen LogP contribution is -2.26. The molecule has 17 heavy (non-hydrogen) atoms. The van der Waals surface area contributed by atoms with Gasteiger partial charge in [-0.2, -0.15) is 0 Å². The average molecular weight is 232 g/mol. The van der Waals surface area contributed by atoms with E-state index in [0.717, 1.165) is 24.1 Å². The van der Waals surface area contributed by atoms with Gasteiger partial charge < -0.3 is 9.32 Å². The number of likely N-dealkylation sites (N-methyl/N-ethyl adjacent to an activating group) is 1. The highest BCUT2D eigenvalue weighted by molar-refractivity contribution is 5.74. The Kier molecular flexibility index (Phi) is 3.13. The molecule has 0 bridgehead atoms. The molecule has 1 aromatic heterocycles. The van der Waals surface area contributed by atoms with E-state index in [-0.39, 0.29) is 5.91 Å². The highest BCUT2D eigenvalue weighted by Crippen LogP contribution is 2.17. The van der Waals surface area contributed by atoms with Crippen LogP contribution in [0.15, 0.2) is 22.6 Å². The molecular formula is C13H16N2O2. The van der Waals surface area contributed by atoms with Gasteiger partial charge in [0.05, 0.1) is 0 Å². The highest BCUT2D eigenvalue weighted by atomic mass is 16.3. The summed E-state index contributed by atoms with van der Waals surface area (Å²) in [5, 5.41) is 0. The Balaban J connectivity index is 2.11. The van der Waals surface area contributed by atoms with Crippen LogP contribution in [-0.4, -0.2) is 29.4 Å². The van der Waals surface area contributed by atoms with Gasteiger partial charge in [-0.15, -0.1) is 0 Å². The van der Waals surface area contributed by atoms with Gasteiger partial charge in [0, 0.05) is 27.4 Å². The van der Waals surface area contributed by atoms with Crippen LogP contribution in [0.3, 0.4) is 0 Å². The highest BCUT2D eigenvalue weighted by Gasteiger charge is 2.05. The smallest absolute Gasteiger partial charge is 0.219 e. The SMILES string of the molecule is CC(=O)N(C)CCc1ccc2oc(C)nc2c1. The van der Waals surface area contributed by atoms with Crippen LogP contribution in [0.5, 0.6) is 0 Å². The lowest BCUT2D eigenvalue weighted by Gasteiger charge is -2.14. The number of hydrogen-bond donors (Lipinski definition) is 0. The molecule has 4 heteroatoms. The van der Waals surface area contributed by atoms with E-state index < -0.39 is 0 Å². The molecule has 2 aromatic rings. The van der Waals surface area contributed by atoms with Gasteiger partial charge in [-0.05, 0) is 24.1 Å². The van der Waals surface area contributed by atoms with Crippen LogP contribution in [0.25, 0.3) is 11.1 Å². The maximum absolute atomic E-state index is 11.1. The molecule has 0 aliphatic rings. The largest absolute Gasteiger partial charge is 0.441 e. The van der Waals surface area contributed by atoms with Crippen molar-refractivity contribution in [2.45, 2.75) is 20.3 Å². The third-order valence-electron chi connectivity index (χ3n) is 2.83. The third kappa shape index (κ3) is 2.64. The van der Waals surface area contributed by atoms with Crippen molar-refractivity contribution in [2.24, 2.45) is 0 Å². The first kappa shape index (κ1) is 11.6. The normalized spacial score (nSPS) is 10.8. The summed E-state index contributed by atoms with van der Waals surface area (Å²) in [4.78, 5) is 17.1. The van der Waals surface area contributed by atoms with E-state index in [9.17, 15) is 4.79 Å². The summed E-state index contributed by atoms with van der Waals surface area (Å²) < 4.78 is 5.41. The van der Waals surface area contributed by atoms with Crippen LogP contribution in [0.2, 0.25) is 0 Å². The van der Waals surface area contributed by atoms with Gasteiger partial charge in [0.2, 0.25) is 5.91 Å². The second-order valence-electron chi connectivity index (χ2n) is 4.23. The number of amides is 1. The molecule has 0 unspecified atom stereocenters. The lowest BCUT2D eigenvalue weighted by atomic mass is 10.1. The van der Waals surface area contributed by atoms with E-state index in [1.807, 2.05) is 25.1 Å². The van der Waals surface area contributed by atoms with E-state index in [4.69, 9.17) is 4.42 Å². The molecule has 1 amide bonds. The number of benzene rings is 1. The summed E-state index contributed by atoms with van der Waals surface area (Å²) in [6.07, 6.45) is 0.831. The standard InChI is InChI=1S/C13H16N2O2/c1-9-14-12-8-11(4-5-13(12)17-9)6-7-15(3)10(2)16/h4-5,8H,6-7H2,1-3H3. The molecule has 4 nitrogen and oxygen atoms in total. The maximum atomic E-state index is 11.1. The van der Waals surface area contributed by atoms with E-state index in [2.05, 4.69) is 4.98 Å². The van der Waals surface area contributed by atoms with Crippen LogP contribution >= 0.6 is 0 Å². The van der Waals surface area contributed by atoms with E-state index in [1.54, 1.807) is 18.9 Å². The Hall–Kier alpha value is -1.84. The zero-order valence-corrected chi connectivity index (χ0v) is 10.4. The molecule has 0 aliphatic carbocycles. The van der Waals surface area contributed by atoms with Gasteiger partial charge in [0.25, 0.3) is 0 Å². The van der Waals surface area contributed by atoms with Crippen LogP contribution in [0, 0.1) is 6.92 Å². The fourth-order valence-corrected chi connectivity index (χ4v) is 1.70. The second-order valence-corrected chi connectivity index (χ2v) is 4.23. The number of carbonyl (C=O) groups is 1. The van der Waals surface area contributed by atoms with Crippen molar-refractivity contribution in [3.63, 3.8) is 0 Å². The van der Waals surface area contributed by atoms with E-state index >= 15 is 0 Å². The minimum Gasteiger partial charge on any atom is -0.441 e. The second kappa shape index (κ2) is 4.57. The topological polar surface area (TPSA) is 46.3 Å². The number of carbonyl (C=O) groups excluding carboxylic acids is 1. The summed E-state index contributed by atoms with van der Waals surface area (Å²) in [6.45, 7) is 4.13. The molecule has 0 saturated carbocycles. The molecule has 0 atom stereocenters. The van der Waals surface area contributed by atoms with Crippen LogP contribution in [0.4, 0.5) is 0 Å². The Bertz CT molecular complexity index is 545. The number of hydrogen-bond acceptors (Lipinski definition) is 3. The first-order chi connectivity index (χ1) is 8.06. The zero-order chi connectivity index (χ0) is 12.4. The molecule has 90 valence electrons. The van der Waals surface area contributed by atoms with Crippen molar-refractivity contribution >= 4 is 17.0 Å².